The average molecular weight is 410 g/mol. The number of nitrogens with one attached hydrogen (secondary N) is 1. The second-order valence-corrected chi connectivity index (χ2v) is 8.52. The minimum Gasteiger partial charge on any atom is -0.507 e. The zero-order chi connectivity index (χ0) is 20.0. The summed E-state index contributed by atoms with van der Waals surface area (Å²) < 4.78 is 63.2. The molecule has 0 heterocycles. The maximum absolute atomic E-state index is 11.3. The lowest BCUT2D eigenvalue weighted by Gasteiger charge is -2.11. The molecule has 0 atom stereocenters. The first-order valence-corrected chi connectivity index (χ1v) is 10.2. The van der Waals surface area contributed by atoms with Crippen LogP contribution in [0.2, 0.25) is 0 Å². The van der Waals surface area contributed by atoms with E-state index in [4.69, 9.17) is 14.8 Å². The van der Waals surface area contributed by atoms with Crippen molar-refractivity contribution in [2.24, 2.45) is 0 Å². The van der Waals surface area contributed by atoms with E-state index >= 15 is 0 Å². The summed E-state index contributed by atoms with van der Waals surface area (Å²) in [6.07, 6.45) is 0. The molecular weight excluding hydrogens is 396 g/mol. The molecule has 3 aromatic rings. The van der Waals surface area contributed by atoms with Crippen LogP contribution >= 0.6 is 0 Å². The third kappa shape index (κ3) is 3.95. The van der Waals surface area contributed by atoms with Gasteiger partial charge in [0.2, 0.25) is 0 Å². The first kappa shape index (κ1) is 18.9. The second kappa shape index (κ2) is 6.39. The Kier molecular flexibility index (Phi) is 4.48. The van der Waals surface area contributed by atoms with Gasteiger partial charge in [0, 0.05) is 22.8 Å². The van der Waals surface area contributed by atoms with Crippen LogP contribution in [0.15, 0.2) is 58.3 Å². The number of phenols is 1. The SMILES string of the molecule is Nc1cc(Nc2ccc3c(O)cc(S(=O)(=O)O)cc3c2)ccc1S(=O)(=O)O. The summed E-state index contributed by atoms with van der Waals surface area (Å²) in [6.45, 7) is 0. The first-order valence-electron chi connectivity index (χ1n) is 7.33. The molecule has 0 bridgehead atoms. The zero-order valence-electron chi connectivity index (χ0n) is 13.5. The Bertz CT molecular complexity index is 1270. The number of aromatic hydroxyl groups is 1. The number of nitrogens with two attached hydrogens (primary N) is 1. The van der Waals surface area contributed by atoms with Crippen molar-refractivity contribution in [3.63, 3.8) is 0 Å². The lowest BCUT2D eigenvalue weighted by atomic mass is 10.1. The molecule has 0 aliphatic heterocycles. The van der Waals surface area contributed by atoms with E-state index in [1.54, 1.807) is 6.07 Å². The van der Waals surface area contributed by atoms with Crippen LogP contribution < -0.4 is 11.1 Å². The molecule has 0 radical (unpaired) electrons. The van der Waals surface area contributed by atoms with Crippen molar-refractivity contribution in [2.75, 3.05) is 11.1 Å². The van der Waals surface area contributed by atoms with Gasteiger partial charge in [-0.25, -0.2) is 0 Å². The largest absolute Gasteiger partial charge is 0.507 e. The average Bonchev–Trinajstić information content (AvgIpc) is 2.52. The van der Waals surface area contributed by atoms with Gasteiger partial charge in [0.1, 0.15) is 10.6 Å². The molecule has 0 saturated carbocycles. The summed E-state index contributed by atoms with van der Waals surface area (Å²) in [5.41, 5.74) is 6.37. The van der Waals surface area contributed by atoms with Crippen LogP contribution in [0.25, 0.3) is 10.8 Å². The fraction of sp³-hybridized carbons (Fsp3) is 0. The van der Waals surface area contributed by atoms with Crippen LogP contribution in [-0.2, 0) is 20.2 Å². The molecule has 6 N–H and O–H groups in total. The van der Waals surface area contributed by atoms with E-state index in [1.165, 1.54) is 30.3 Å². The number of nitrogen functional groups attached to an aromatic ring is 1. The monoisotopic (exact) mass is 410 g/mol. The normalized spacial score (nSPS) is 12.2. The predicted molar refractivity (Wildman–Crippen MR) is 99.4 cm³/mol. The molecule has 3 aromatic carbocycles. The summed E-state index contributed by atoms with van der Waals surface area (Å²) in [5.74, 6) is -0.312. The maximum atomic E-state index is 11.3. The van der Waals surface area contributed by atoms with Gasteiger partial charge in [-0.1, -0.05) is 0 Å². The van der Waals surface area contributed by atoms with Crippen LogP contribution in [0.1, 0.15) is 0 Å². The Morgan fingerprint density at radius 3 is 2.04 bits per heavy atom. The van der Waals surface area contributed by atoms with Gasteiger partial charge < -0.3 is 16.2 Å². The molecule has 0 aliphatic rings. The molecule has 0 aromatic heterocycles. The van der Waals surface area contributed by atoms with Crippen molar-refractivity contribution in [3.05, 3.63) is 48.5 Å². The van der Waals surface area contributed by atoms with Gasteiger partial charge >= 0.3 is 0 Å². The molecule has 0 spiro atoms. The van der Waals surface area contributed by atoms with Gasteiger partial charge in [0.15, 0.2) is 0 Å². The molecule has 27 heavy (non-hydrogen) atoms. The smallest absolute Gasteiger partial charge is 0.296 e. The van der Waals surface area contributed by atoms with Gasteiger partial charge in [-0.3, -0.25) is 9.11 Å². The number of rotatable bonds is 4. The molecule has 0 unspecified atom stereocenters. The Morgan fingerprint density at radius 1 is 0.815 bits per heavy atom. The maximum Gasteiger partial charge on any atom is 0.296 e. The molecule has 142 valence electrons. The van der Waals surface area contributed by atoms with Gasteiger partial charge in [0.05, 0.1) is 10.6 Å². The summed E-state index contributed by atoms with van der Waals surface area (Å²) >= 11 is 0. The van der Waals surface area contributed by atoms with Crippen molar-refractivity contribution in [3.8, 4) is 5.75 Å². The highest BCUT2D eigenvalue weighted by Crippen LogP contribution is 2.32. The van der Waals surface area contributed by atoms with Crippen LogP contribution in [0.3, 0.4) is 0 Å². The number of benzene rings is 3. The Hall–Kier alpha value is -2.86. The third-order valence-electron chi connectivity index (χ3n) is 3.78. The van der Waals surface area contributed by atoms with Crippen LogP contribution in [-0.4, -0.2) is 31.0 Å². The highest BCUT2D eigenvalue weighted by Gasteiger charge is 2.15. The molecule has 11 heteroatoms. The highest BCUT2D eigenvalue weighted by molar-refractivity contribution is 7.86. The quantitative estimate of drug-likeness (QED) is 0.320. The van der Waals surface area contributed by atoms with E-state index in [9.17, 15) is 21.9 Å². The molecule has 0 fully saturated rings. The molecule has 9 nitrogen and oxygen atoms in total. The van der Waals surface area contributed by atoms with Crippen molar-refractivity contribution < 1.29 is 31.0 Å². The van der Waals surface area contributed by atoms with E-state index in [-0.39, 0.29) is 11.4 Å². The van der Waals surface area contributed by atoms with E-state index in [2.05, 4.69) is 5.32 Å². The fourth-order valence-corrected chi connectivity index (χ4v) is 3.71. The third-order valence-corrected chi connectivity index (χ3v) is 5.54. The van der Waals surface area contributed by atoms with Gasteiger partial charge in [-0.15, -0.1) is 0 Å². The number of fused-ring (bicyclic) bond motifs is 1. The van der Waals surface area contributed by atoms with E-state index < -0.39 is 30.0 Å². The lowest BCUT2D eigenvalue weighted by molar-refractivity contribution is 0.471. The number of hydrogen-bond acceptors (Lipinski definition) is 7. The number of hydrogen-bond donors (Lipinski definition) is 5. The summed E-state index contributed by atoms with van der Waals surface area (Å²) in [5, 5.41) is 13.6. The van der Waals surface area contributed by atoms with Crippen molar-refractivity contribution in [2.45, 2.75) is 9.79 Å². The van der Waals surface area contributed by atoms with Crippen molar-refractivity contribution in [1.29, 1.82) is 0 Å². The van der Waals surface area contributed by atoms with Crippen molar-refractivity contribution in [1.82, 2.24) is 0 Å². The van der Waals surface area contributed by atoms with E-state index in [0.717, 1.165) is 12.1 Å². The summed E-state index contributed by atoms with van der Waals surface area (Å²) in [4.78, 5) is -0.874. The molecule has 0 saturated heterocycles. The lowest BCUT2D eigenvalue weighted by Crippen LogP contribution is -2.03. The molecule has 0 aliphatic carbocycles. The van der Waals surface area contributed by atoms with Crippen LogP contribution in [0, 0.1) is 0 Å². The Balaban J connectivity index is 2.02. The van der Waals surface area contributed by atoms with Crippen LogP contribution in [0.4, 0.5) is 17.1 Å². The van der Waals surface area contributed by atoms with Crippen molar-refractivity contribution >= 4 is 48.1 Å². The first-order chi connectivity index (χ1) is 12.4. The Labute approximate surface area is 154 Å². The zero-order valence-corrected chi connectivity index (χ0v) is 15.1. The topological polar surface area (TPSA) is 167 Å². The fourth-order valence-electron chi connectivity index (χ4n) is 2.58. The second-order valence-electron chi connectivity index (χ2n) is 5.71. The van der Waals surface area contributed by atoms with Gasteiger partial charge in [-0.05, 0) is 47.9 Å². The minimum atomic E-state index is -4.49. The number of phenolic OH excluding ortho intramolecular Hbond substituents is 1. The van der Waals surface area contributed by atoms with Gasteiger partial charge in [-0.2, -0.15) is 16.8 Å². The van der Waals surface area contributed by atoms with Gasteiger partial charge in [0.25, 0.3) is 20.2 Å². The molecule has 0 amide bonds. The standard InChI is InChI=1S/C16H14N2O7S2/c17-14-7-11(2-4-16(14)27(23,24)25)18-10-1-3-13-9(5-10)6-12(8-15(13)19)26(20,21)22/h1-8,18-19H,17H2,(H,20,21,22)(H,23,24,25). The van der Waals surface area contributed by atoms with E-state index in [1.807, 2.05) is 0 Å². The minimum absolute atomic E-state index is 0.158. The predicted octanol–water partition coefficient (Wildman–Crippen LogP) is 2.36. The molecular formula is C16H14N2O7S2. The number of anilines is 3. The molecule has 3 rings (SSSR count). The Morgan fingerprint density at radius 2 is 1.44 bits per heavy atom. The van der Waals surface area contributed by atoms with Crippen LogP contribution in [0.5, 0.6) is 5.75 Å². The highest BCUT2D eigenvalue weighted by atomic mass is 32.2. The van der Waals surface area contributed by atoms with E-state index in [0.29, 0.717) is 22.1 Å². The summed E-state index contributed by atoms with van der Waals surface area (Å²) in [6, 6.07) is 10.6. The summed E-state index contributed by atoms with van der Waals surface area (Å²) in [7, 11) is -8.93.